The van der Waals surface area contributed by atoms with Gasteiger partial charge in [-0.05, 0) is 49.5 Å². The predicted molar refractivity (Wildman–Crippen MR) is 92.8 cm³/mol. The zero-order chi connectivity index (χ0) is 17.8. The fourth-order valence-electron chi connectivity index (χ4n) is 2.59. The van der Waals surface area contributed by atoms with Crippen LogP contribution in [0.2, 0.25) is 5.02 Å². The minimum Gasteiger partial charge on any atom is -0.486 e. The SMILES string of the molecule is C[C@@H](NC(=O)COC(=O)/C=C/c1cc(Cl)c2c(c1)OCCO2)C1CC1. The molecule has 0 bridgehead atoms. The monoisotopic (exact) mass is 365 g/mol. The molecule has 1 aromatic rings. The highest BCUT2D eigenvalue weighted by Crippen LogP contribution is 2.38. The molecule has 1 N–H and O–H groups in total. The number of hydrogen-bond acceptors (Lipinski definition) is 5. The molecule has 0 spiro atoms. The summed E-state index contributed by atoms with van der Waals surface area (Å²) in [4.78, 5) is 23.5. The van der Waals surface area contributed by atoms with Gasteiger partial charge in [-0.15, -0.1) is 0 Å². The third-order valence-corrected chi connectivity index (χ3v) is 4.38. The Morgan fingerprint density at radius 2 is 2.12 bits per heavy atom. The molecule has 0 radical (unpaired) electrons. The minimum atomic E-state index is -0.597. The van der Waals surface area contributed by atoms with Crippen molar-refractivity contribution in [2.45, 2.75) is 25.8 Å². The number of hydrogen-bond donors (Lipinski definition) is 1. The van der Waals surface area contributed by atoms with E-state index in [1.165, 1.54) is 6.08 Å². The molecule has 1 aromatic carbocycles. The van der Waals surface area contributed by atoms with E-state index in [0.717, 1.165) is 12.8 Å². The quantitative estimate of drug-likeness (QED) is 0.619. The summed E-state index contributed by atoms with van der Waals surface area (Å²) in [5, 5.41) is 3.24. The van der Waals surface area contributed by atoms with Gasteiger partial charge in [0.15, 0.2) is 18.1 Å². The maximum atomic E-state index is 11.7. The first-order valence-corrected chi connectivity index (χ1v) is 8.64. The Kier molecular flexibility index (Phi) is 5.48. The second-order valence-electron chi connectivity index (χ2n) is 6.16. The van der Waals surface area contributed by atoms with Gasteiger partial charge in [-0.2, -0.15) is 0 Å². The molecule has 1 aliphatic heterocycles. The van der Waals surface area contributed by atoms with Crippen LogP contribution in [0.15, 0.2) is 18.2 Å². The van der Waals surface area contributed by atoms with Crippen molar-refractivity contribution in [2.24, 2.45) is 5.92 Å². The molecule has 134 valence electrons. The van der Waals surface area contributed by atoms with Gasteiger partial charge in [-0.25, -0.2) is 4.79 Å². The minimum absolute atomic E-state index is 0.126. The van der Waals surface area contributed by atoms with Crippen LogP contribution < -0.4 is 14.8 Å². The fourth-order valence-corrected chi connectivity index (χ4v) is 2.86. The number of carbonyl (C=O) groups is 2. The van der Waals surface area contributed by atoms with Crippen LogP contribution in [0.3, 0.4) is 0 Å². The molecular formula is C18H20ClNO5. The van der Waals surface area contributed by atoms with Gasteiger partial charge in [-0.3, -0.25) is 4.79 Å². The summed E-state index contributed by atoms with van der Waals surface area (Å²) in [7, 11) is 0. The van der Waals surface area contributed by atoms with Crippen LogP contribution in [0.25, 0.3) is 6.08 Å². The molecule has 1 amide bonds. The number of nitrogens with one attached hydrogen (secondary N) is 1. The van der Waals surface area contributed by atoms with Crippen molar-refractivity contribution < 1.29 is 23.8 Å². The summed E-state index contributed by atoms with van der Waals surface area (Å²) in [5.41, 5.74) is 0.679. The Balaban J connectivity index is 1.50. The highest BCUT2D eigenvalue weighted by molar-refractivity contribution is 6.32. The average molecular weight is 366 g/mol. The van der Waals surface area contributed by atoms with Gasteiger partial charge in [0.05, 0.1) is 5.02 Å². The number of halogens is 1. The predicted octanol–water partition coefficient (Wildman–Crippen LogP) is 2.58. The highest BCUT2D eigenvalue weighted by atomic mass is 35.5. The molecule has 6 nitrogen and oxygen atoms in total. The molecule has 1 atom stereocenters. The van der Waals surface area contributed by atoms with E-state index in [2.05, 4.69) is 5.32 Å². The van der Waals surface area contributed by atoms with Gasteiger partial charge in [0.1, 0.15) is 13.2 Å². The van der Waals surface area contributed by atoms with E-state index in [0.29, 0.717) is 41.2 Å². The van der Waals surface area contributed by atoms with E-state index in [4.69, 9.17) is 25.8 Å². The molecule has 2 aliphatic rings. The third kappa shape index (κ3) is 4.89. The van der Waals surface area contributed by atoms with Gasteiger partial charge in [0.25, 0.3) is 5.91 Å². The van der Waals surface area contributed by atoms with Crippen molar-refractivity contribution in [3.05, 3.63) is 28.8 Å². The van der Waals surface area contributed by atoms with E-state index in [9.17, 15) is 9.59 Å². The topological polar surface area (TPSA) is 73.9 Å². The number of rotatable bonds is 6. The lowest BCUT2D eigenvalue weighted by atomic mass is 10.2. The van der Waals surface area contributed by atoms with E-state index in [1.54, 1.807) is 18.2 Å². The highest BCUT2D eigenvalue weighted by Gasteiger charge is 2.28. The van der Waals surface area contributed by atoms with Crippen molar-refractivity contribution in [1.82, 2.24) is 5.32 Å². The molecule has 1 heterocycles. The molecule has 1 aliphatic carbocycles. The van der Waals surface area contributed by atoms with Gasteiger partial charge in [-0.1, -0.05) is 11.6 Å². The zero-order valence-electron chi connectivity index (χ0n) is 13.9. The first-order valence-electron chi connectivity index (χ1n) is 8.26. The fraction of sp³-hybridized carbons (Fsp3) is 0.444. The maximum absolute atomic E-state index is 11.7. The van der Waals surface area contributed by atoms with Gasteiger partial charge >= 0.3 is 5.97 Å². The van der Waals surface area contributed by atoms with Crippen molar-refractivity contribution in [3.8, 4) is 11.5 Å². The van der Waals surface area contributed by atoms with Crippen LogP contribution in [0.5, 0.6) is 11.5 Å². The number of carbonyl (C=O) groups excluding carboxylic acids is 2. The standard InChI is InChI=1S/C18H20ClNO5/c1-11(13-3-4-13)20-16(21)10-25-17(22)5-2-12-8-14(19)18-15(9-12)23-6-7-24-18/h2,5,8-9,11,13H,3-4,6-7,10H2,1H3,(H,20,21)/b5-2+/t11-/m1/s1. The van der Waals surface area contributed by atoms with E-state index >= 15 is 0 Å². The van der Waals surface area contributed by atoms with Crippen LogP contribution in [0.1, 0.15) is 25.3 Å². The Hall–Kier alpha value is -2.21. The second-order valence-corrected chi connectivity index (χ2v) is 6.57. The van der Waals surface area contributed by atoms with E-state index < -0.39 is 5.97 Å². The molecule has 25 heavy (non-hydrogen) atoms. The van der Waals surface area contributed by atoms with Gasteiger partial charge in [0.2, 0.25) is 0 Å². The average Bonchev–Trinajstić information content (AvgIpc) is 3.43. The molecule has 3 rings (SSSR count). The van der Waals surface area contributed by atoms with Crippen LogP contribution in [-0.2, 0) is 14.3 Å². The molecule has 0 aromatic heterocycles. The third-order valence-electron chi connectivity index (χ3n) is 4.09. The van der Waals surface area contributed by atoms with Crippen LogP contribution >= 0.6 is 11.6 Å². The Morgan fingerprint density at radius 1 is 1.36 bits per heavy atom. The summed E-state index contributed by atoms with van der Waals surface area (Å²) >= 11 is 6.14. The lowest BCUT2D eigenvalue weighted by molar-refractivity contribution is -0.144. The van der Waals surface area contributed by atoms with E-state index in [-0.39, 0.29) is 18.6 Å². The smallest absolute Gasteiger partial charge is 0.331 e. The molecule has 0 saturated heterocycles. The summed E-state index contributed by atoms with van der Waals surface area (Å²) in [6, 6.07) is 3.53. The Labute approximate surface area is 151 Å². The number of esters is 1. The summed E-state index contributed by atoms with van der Waals surface area (Å²) in [6.45, 7) is 2.58. The largest absolute Gasteiger partial charge is 0.486 e. The summed E-state index contributed by atoms with van der Waals surface area (Å²) in [6.07, 6.45) is 5.08. The van der Waals surface area contributed by atoms with Crippen molar-refractivity contribution in [3.63, 3.8) is 0 Å². The van der Waals surface area contributed by atoms with Crippen molar-refractivity contribution in [2.75, 3.05) is 19.8 Å². The lowest BCUT2D eigenvalue weighted by Crippen LogP contribution is -2.36. The number of amides is 1. The summed E-state index contributed by atoms with van der Waals surface area (Å²) in [5.74, 6) is 0.720. The molecule has 1 fully saturated rings. The molecule has 0 unspecified atom stereocenters. The Morgan fingerprint density at radius 3 is 2.88 bits per heavy atom. The van der Waals surface area contributed by atoms with Crippen LogP contribution in [-0.4, -0.2) is 37.7 Å². The van der Waals surface area contributed by atoms with Crippen LogP contribution in [0, 0.1) is 5.92 Å². The second kappa shape index (κ2) is 7.78. The molecule has 7 heteroatoms. The maximum Gasteiger partial charge on any atom is 0.331 e. The van der Waals surface area contributed by atoms with Gasteiger partial charge < -0.3 is 19.5 Å². The number of benzene rings is 1. The Bertz CT molecular complexity index is 699. The number of ether oxygens (including phenoxy) is 3. The molecule has 1 saturated carbocycles. The normalized spacial score (nSPS) is 17.2. The summed E-state index contributed by atoms with van der Waals surface area (Å²) < 4.78 is 15.9. The van der Waals surface area contributed by atoms with Crippen molar-refractivity contribution >= 4 is 29.6 Å². The van der Waals surface area contributed by atoms with E-state index in [1.807, 2.05) is 6.92 Å². The first-order chi connectivity index (χ1) is 12.0. The first kappa shape index (κ1) is 17.6. The van der Waals surface area contributed by atoms with Crippen LogP contribution in [0.4, 0.5) is 0 Å². The zero-order valence-corrected chi connectivity index (χ0v) is 14.7. The van der Waals surface area contributed by atoms with Gasteiger partial charge in [0, 0.05) is 12.1 Å². The number of fused-ring (bicyclic) bond motifs is 1. The molecular weight excluding hydrogens is 346 g/mol. The lowest BCUT2D eigenvalue weighted by Gasteiger charge is -2.19. The van der Waals surface area contributed by atoms with Crippen molar-refractivity contribution in [1.29, 1.82) is 0 Å².